The maximum atomic E-state index is 13.2. The third-order valence-electron chi connectivity index (χ3n) is 5.12. The maximum absolute atomic E-state index is 13.2. The van der Waals surface area contributed by atoms with Crippen LogP contribution in [0.4, 0.5) is 0 Å². The average Bonchev–Trinajstić information content (AvgIpc) is 2.99. The van der Waals surface area contributed by atoms with Crippen LogP contribution in [0.3, 0.4) is 0 Å². The van der Waals surface area contributed by atoms with Crippen LogP contribution in [0.2, 0.25) is 0 Å². The van der Waals surface area contributed by atoms with Crippen molar-refractivity contribution in [1.82, 2.24) is 4.90 Å². The molecule has 1 saturated heterocycles. The van der Waals surface area contributed by atoms with Crippen molar-refractivity contribution in [2.24, 2.45) is 0 Å². The molecule has 33 heavy (non-hydrogen) atoms. The molecule has 10 nitrogen and oxygen atoms in total. The third kappa shape index (κ3) is 5.19. The first kappa shape index (κ1) is 24.7. The predicted molar refractivity (Wildman–Crippen MR) is 115 cm³/mol. The van der Waals surface area contributed by atoms with Crippen LogP contribution in [0.5, 0.6) is 0 Å². The normalized spacial score (nSPS) is 26.5. The lowest BCUT2D eigenvalue weighted by molar-refractivity contribution is -0.216. The van der Waals surface area contributed by atoms with Crippen molar-refractivity contribution >= 4 is 41.5 Å². The molecule has 0 spiro atoms. The van der Waals surface area contributed by atoms with E-state index in [1.54, 1.807) is 12.1 Å². The molecule has 0 aromatic heterocycles. The van der Waals surface area contributed by atoms with Gasteiger partial charge in [0.25, 0.3) is 11.8 Å². The fourth-order valence-corrected chi connectivity index (χ4v) is 4.96. The monoisotopic (exact) mass is 479 g/mol. The molecular weight excluding hydrogens is 454 g/mol. The molecule has 2 aliphatic rings. The maximum Gasteiger partial charge on any atom is 0.303 e. The Morgan fingerprint density at radius 1 is 0.939 bits per heavy atom. The number of hydrogen-bond donors (Lipinski definition) is 0. The van der Waals surface area contributed by atoms with E-state index in [1.807, 2.05) is 6.92 Å². The number of esters is 3. The molecule has 1 aromatic carbocycles. The van der Waals surface area contributed by atoms with Crippen LogP contribution in [0.15, 0.2) is 24.3 Å². The lowest BCUT2D eigenvalue weighted by Gasteiger charge is -2.47. The molecule has 178 valence electrons. The predicted octanol–water partition coefficient (Wildman–Crippen LogP) is 1.56. The molecule has 0 N–H and O–H groups in total. The summed E-state index contributed by atoms with van der Waals surface area (Å²) in [5, 5.41) is 0. The van der Waals surface area contributed by atoms with Gasteiger partial charge in [-0.05, 0) is 17.9 Å². The van der Waals surface area contributed by atoms with Crippen LogP contribution < -0.4 is 0 Å². The molecule has 0 radical (unpaired) electrons. The van der Waals surface area contributed by atoms with Gasteiger partial charge in [-0.1, -0.05) is 19.1 Å². The molecule has 2 amide bonds. The first-order chi connectivity index (χ1) is 15.6. The van der Waals surface area contributed by atoms with Crippen molar-refractivity contribution in [1.29, 1.82) is 0 Å². The van der Waals surface area contributed by atoms with Crippen molar-refractivity contribution in [2.75, 3.05) is 12.4 Å². The van der Waals surface area contributed by atoms with Gasteiger partial charge < -0.3 is 18.9 Å². The summed E-state index contributed by atoms with van der Waals surface area (Å²) in [5.41, 5.74) is -0.403. The van der Waals surface area contributed by atoms with Gasteiger partial charge in [0, 0.05) is 20.8 Å². The molecular formula is C22H25NO9S. The zero-order valence-corrected chi connectivity index (χ0v) is 19.5. The minimum absolute atomic E-state index is 0.218. The zero-order chi connectivity index (χ0) is 24.3. The van der Waals surface area contributed by atoms with Crippen LogP contribution in [0.25, 0.3) is 0 Å². The standard InChI is InChI=1S/C22H25NO9S/c1-5-33-22-17(23-20(27)14-8-6-7-9-15(14)21(23)28)19(31-13(4)26)18(30-12(3)25)16(32-22)10-29-11(2)24/h6-9,16-19,22H,5,10H2,1-4H3/t16?,17?,18-,19?,22+/m1/s1. The summed E-state index contributed by atoms with van der Waals surface area (Å²) in [6, 6.07) is 5.27. The minimum atomic E-state index is -1.24. The average molecular weight is 480 g/mol. The number of rotatable bonds is 7. The SMILES string of the molecule is CCS[C@@H]1OC(COC(C)=O)[C@@H](OC(C)=O)C(OC(C)=O)C1N1C(=O)c2ccccc2C1=O. The van der Waals surface area contributed by atoms with Gasteiger partial charge in [-0.3, -0.25) is 28.9 Å². The molecule has 2 heterocycles. The Morgan fingerprint density at radius 3 is 1.97 bits per heavy atom. The summed E-state index contributed by atoms with van der Waals surface area (Å²) < 4.78 is 22.1. The molecule has 3 unspecified atom stereocenters. The van der Waals surface area contributed by atoms with Crippen molar-refractivity contribution in [2.45, 2.75) is 57.5 Å². The molecule has 1 aromatic rings. The molecule has 0 bridgehead atoms. The number of carbonyl (C=O) groups is 5. The van der Waals surface area contributed by atoms with Crippen LogP contribution in [-0.4, -0.2) is 76.8 Å². The fourth-order valence-electron chi connectivity index (χ4n) is 3.94. The highest BCUT2D eigenvalue weighted by atomic mass is 32.2. The zero-order valence-electron chi connectivity index (χ0n) is 18.6. The molecule has 3 rings (SSSR count). The van der Waals surface area contributed by atoms with E-state index in [-0.39, 0.29) is 17.7 Å². The Labute approximate surface area is 194 Å². The molecule has 11 heteroatoms. The van der Waals surface area contributed by atoms with Gasteiger partial charge in [0.15, 0.2) is 12.2 Å². The topological polar surface area (TPSA) is 126 Å². The van der Waals surface area contributed by atoms with Gasteiger partial charge in [-0.2, -0.15) is 0 Å². The Bertz CT molecular complexity index is 930. The summed E-state index contributed by atoms with van der Waals surface area (Å²) in [7, 11) is 0. The van der Waals surface area contributed by atoms with E-state index in [0.717, 1.165) is 11.8 Å². The first-order valence-electron chi connectivity index (χ1n) is 10.4. The molecule has 0 aliphatic carbocycles. The molecule has 0 saturated carbocycles. The number of carbonyl (C=O) groups excluding carboxylic acids is 5. The Kier molecular flexibility index (Phi) is 7.75. The first-order valence-corrected chi connectivity index (χ1v) is 11.4. The van der Waals surface area contributed by atoms with Crippen molar-refractivity contribution in [3.63, 3.8) is 0 Å². The Balaban J connectivity index is 2.07. The van der Waals surface area contributed by atoms with Gasteiger partial charge in [-0.25, -0.2) is 0 Å². The van der Waals surface area contributed by atoms with Gasteiger partial charge in [0.2, 0.25) is 0 Å². The second kappa shape index (κ2) is 10.3. The third-order valence-corrected chi connectivity index (χ3v) is 6.18. The van der Waals surface area contributed by atoms with Crippen molar-refractivity contribution in [3.8, 4) is 0 Å². The van der Waals surface area contributed by atoms with E-state index in [0.29, 0.717) is 5.75 Å². The summed E-state index contributed by atoms with van der Waals surface area (Å²) in [5.74, 6) is -2.57. The number of nitrogens with zero attached hydrogens (tertiary/aromatic N) is 1. The number of hydrogen-bond acceptors (Lipinski definition) is 10. The van der Waals surface area contributed by atoms with E-state index in [1.165, 1.54) is 37.7 Å². The summed E-state index contributed by atoms with van der Waals surface area (Å²) in [6.07, 6.45) is -3.46. The number of fused-ring (bicyclic) bond motifs is 1. The van der Waals surface area contributed by atoms with Crippen LogP contribution in [-0.2, 0) is 33.3 Å². The molecule has 1 fully saturated rings. The van der Waals surface area contributed by atoms with Gasteiger partial charge in [0.05, 0.1) is 11.1 Å². The molecule has 2 aliphatic heterocycles. The summed E-state index contributed by atoms with van der Waals surface area (Å²) in [6.45, 7) is 5.13. The summed E-state index contributed by atoms with van der Waals surface area (Å²) >= 11 is 1.28. The number of benzene rings is 1. The largest absolute Gasteiger partial charge is 0.463 e. The lowest BCUT2D eigenvalue weighted by Crippen LogP contribution is -2.66. The van der Waals surface area contributed by atoms with E-state index in [4.69, 9.17) is 18.9 Å². The summed E-state index contributed by atoms with van der Waals surface area (Å²) in [4.78, 5) is 62.8. The Hall–Kier alpha value is -2.92. The van der Waals surface area contributed by atoms with Gasteiger partial charge in [-0.15, -0.1) is 11.8 Å². The minimum Gasteiger partial charge on any atom is -0.463 e. The highest BCUT2D eigenvalue weighted by molar-refractivity contribution is 7.99. The van der Waals surface area contributed by atoms with Crippen molar-refractivity contribution in [3.05, 3.63) is 35.4 Å². The highest BCUT2D eigenvalue weighted by Crippen LogP contribution is 2.38. The lowest BCUT2D eigenvalue weighted by atomic mass is 9.96. The Morgan fingerprint density at radius 2 is 1.48 bits per heavy atom. The van der Waals surface area contributed by atoms with Crippen LogP contribution in [0.1, 0.15) is 48.4 Å². The quantitative estimate of drug-likeness (QED) is 0.323. The smallest absolute Gasteiger partial charge is 0.303 e. The van der Waals surface area contributed by atoms with E-state index in [2.05, 4.69) is 0 Å². The highest BCUT2D eigenvalue weighted by Gasteiger charge is 2.56. The van der Waals surface area contributed by atoms with Gasteiger partial charge >= 0.3 is 17.9 Å². The second-order valence-corrected chi connectivity index (χ2v) is 8.84. The number of amides is 2. The van der Waals surface area contributed by atoms with E-state index >= 15 is 0 Å². The van der Waals surface area contributed by atoms with E-state index < -0.39 is 59.5 Å². The van der Waals surface area contributed by atoms with Gasteiger partial charge in [0.1, 0.15) is 24.2 Å². The molecule has 5 atom stereocenters. The van der Waals surface area contributed by atoms with Crippen molar-refractivity contribution < 1.29 is 42.9 Å². The number of ether oxygens (including phenoxy) is 4. The second-order valence-electron chi connectivity index (χ2n) is 7.47. The number of imide groups is 1. The number of thioether (sulfide) groups is 1. The van der Waals surface area contributed by atoms with E-state index in [9.17, 15) is 24.0 Å². The fraction of sp³-hybridized carbons (Fsp3) is 0.500. The van der Waals surface area contributed by atoms with Crippen LogP contribution >= 0.6 is 11.8 Å². The van der Waals surface area contributed by atoms with Crippen LogP contribution in [0, 0.1) is 0 Å².